The summed E-state index contributed by atoms with van der Waals surface area (Å²) in [5.74, 6) is -1.02. The van der Waals surface area contributed by atoms with Gasteiger partial charge in [-0.2, -0.15) is 0 Å². The van der Waals surface area contributed by atoms with Gasteiger partial charge >= 0.3 is 5.97 Å². The Hall–Kier alpha value is -1.95. The molecule has 2 atom stereocenters. The predicted molar refractivity (Wildman–Crippen MR) is 99.0 cm³/mol. The van der Waals surface area contributed by atoms with Crippen molar-refractivity contribution in [1.29, 1.82) is 0 Å². The number of carboxylic acids is 1. The molecular formula is C19H26ClNO5. The van der Waals surface area contributed by atoms with E-state index in [1.807, 2.05) is 13.0 Å². The summed E-state index contributed by atoms with van der Waals surface area (Å²) in [5.41, 5.74) is 0.911. The lowest BCUT2D eigenvalue weighted by atomic mass is 9.78. The quantitative estimate of drug-likeness (QED) is 0.719. The van der Waals surface area contributed by atoms with Crippen LogP contribution in [0.5, 0.6) is 11.5 Å². The number of rotatable bonds is 8. The third-order valence-electron chi connectivity index (χ3n) is 4.71. The van der Waals surface area contributed by atoms with Gasteiger partial charge in [0.15, 0.2) is 11.5 Å². The van der Waals surface area contributed by atoms with Crippen LogP contribution in [0.2, 0.25) is 5.02 Å². The summed E-state index contributed by atoms with van der Waals surface area (Å²) in [6, 6.07) is 3.63. The predicted octanol–water partition coefficient (Wildman–Crippen LogP) is 3.30. The van der Waals surface area contributed by atoms with Gasteiger partial charge in [0.2, 0.25) is 5.91 Å². The van der Waals surface area contributed by atoms with Gasteiger partial charge in [-0.15, -0.1) is 0 Å². The number of amides is 1. The van der Waals surface area contributed by atoms with Crippen molar-refractivity contribution < 1.29 is 24.2 Å². The maximum absolute atomic E-state index is 12.4. The minimum Gasteiger partial charge on any atom is -0.493 e. The summed E-state index contributed by atoms with van der Waals surface area (Å²) >= 11 is 6.25. The number of hydrogen-bond donors (Lipinski definition) is 2. The third kappa shape index (κ3) is 5.04. The van der Waals surface area contributed by atoms with E-state index in [2.05, 4.69) is 5.32 Å². The van der Waals surface area contributed by atoms with E-state index < -0.39 is 17.8 Å². The van der Waals surface area contributed by atoms with Crippen molar-refractivity contribution in [3.8, 4) is 11.5 Å². The molecule has 0 radical (unpaired) electrons. The second kappa shape index (κ2) is 9.67. The number of halogens is 1. The minimum atomic E-state index is -0.882. The van der Waals surface area contributed by atoms with Gasteiger partial charge in [0, 0.05) is 6.54 Å². The van der Waals surface area contributed by atoms with Gasteiger partial charge in [-0.05, 0) is 43.9 Å². The van der Waals surface area contributed by atoms with E-state index in [0.29, 0.717) is 48.9 Å². The monoisotopic (exact) mass is 383 g/mol. The second-order valence-corrected chi connectivity index (χ2v) is 6.83. The number of nitrogens with one attached hydrogen (secondary N) is 1. The summed E-state index contributed by atoms with van der Waals surface area (Å²) < 4.78 is 10.8. The Kier molecular flexibility index (Phi) is 7.57. The highest BCUT2D eigenvalue weighted by atomic mass is 35.5. The smallest absolute Gasteiger partial charge is 0.307 e. The molecule has 0 heterocycles. The zero-order chi connectivity index (χ0) is 19.1. The van der Waals surface area contributed by atoms with E-state index in [1.54, 1.807) is 13.2 Å². The zero-order valence-corrected chi connectivity index (χ0v) is 16.0. The molecule has 144 valence electrons. The van der Waals surface area contributed by atoms with E-state index in [4.69, 9.17) is 21.1 Å². The Labute approximate surface area is 158 Å². The molecule has 1 aliphatic carbocycles. The van der Waals surface area contributed by atoms with Crippen LogP contribution in [0.1, 0.15) is 38.2 Å². The van der Waals surface area contributed by atoms with Crippen molar-refractivity contribution in [3.05, 3.63) is 22.7 Å². The molecule has 1 fully saturated rings. The van der Waals surface area contributed by atoms with Crippen molar-refractivity contribution >= 4 is 23.5 Å². The summed E-state index contributed by atoms with van der Waals surface area (Å²) in [6.07, 6.45) is 3.53. The standard InChI is InChI=1S/C19H26ClNO5/c1-3-26-17-15(20)10-12(11-16(17)25-2)8-9-21-18(22)13-6-4-5-7-14(13)19(23)24/h10-11,13-14H,3-9H2,1-2H3,(H,21,22)(H,23,24). The molecule has 1 aromatic rings. The number of ether oxygens (including phenoxy) is 2. The van der Waals surface area contributed by atoms with E-state index in [0.717, 1.165) is 18.4 Å². The van der Waals surface area contributed by atoms with Crippen LogP contribution in [0.3, 0.4) is 0 Å². The van der Waals surface area contributed by atoms with Crippen molar-refractivity contribution in [2.45, 2.75) is 39.0 Å². The van der Waals surface area contributed by atoms with Crippen LogP contribution in [0.15, 0.2) is 12.1 Å². The van der Waals surface area contributed by atoms with Gasteiger partial charge in [0.25, 0.3) is 0 Å². The largest absolute Gasteiger partial charge is 0.493 e. The van der Waals surface area contributed by atoms with Gasteiger partial charge < -0.3 is 19.9 Å². The van der Waals surface area contributed by atoms with Crippen LogP contribution in [-0.2, 0) is 16.0 Å². The second-order valence-electron chi connectivity index (χ2n) is 6.42. The number of carboxylic acid groups (broad SMARTS) is 1. The Morgan fingerprint density at radius 3 is 2.58 bits per heavy atom. The number of hydrogen-bond acceptors (Lipinski definition) is 4. The fourth-order valence-electron chi connectivity index (χ4n) is 3.40. The summed E-state index contributed by atoms with van der Waals surface area (Å²) in [6.45, 7) is 2.77. The Balaban J connectivity index is 1.95. The highest BCUT2D eigenvalue weighted by Crippen LogP contribution is 2.36. The van der Waals surface area contributed by atoms with Crippen molar-refractivity contribution in [3.63, 3.8) is 0 Å². The van der Waals surface area contributed by atoms with Crippen LogP contribution < -0.4 is 14.8 Å². The minimum absolute atomic E-state index is 0.180. The molecule has 0 bridgehead atoms. The first-order valence-electron chi connectivity index (χ1n) is 8.97. The number of carbonyl (C=O) groups is 2. The molecule has 0 aromatic heterocycles. The van der Waals surface area contributed by atoms with E-state index in [1.165, 1.54) is 0 Å². The maximum atomic E-state index is 12.4. The Morgan fingerprint density at radius 1 is 1.27 bits per heavy atom. The van der Waals surface area contributed by atoms with Crippen molar-refractivity contribution in [2.75, 3.05) is 20.3 Å². The maximum Gasteiger partial charge on any atom is 0.307 e. The first-order chi connectivity index (χ1) is 12.5. The molecule has 1 aliphatic rings. The fraction of sp³-hybridized carbons (Fsp3) is 0.579. The summed E-state index contributed by atoms with van der Waals surface area (Å²) in [5, 5.41) is 12.6. The van der Waals surface area contributed by atoms with E-state index in [-0.39, 0.29) is 5.91 Å². The molecule has 26 heavy (non-hydrogen) atoms. The summed E-state index contributed by atoms with van der Waals surface area (Å²) in [7, 11) is 1.55. The van der Waals surface area contributed by atoms with Gasteiger partial charge in [0.05, 0.1) is 30.6 Å². The van der Waals surface area contributed by atoms with Crippen LogP contribution in [0.4, 0.5) is 0 Å². The van der Waals surface area contributed by atoms with E-state index >= 15 is 0 Å². The molecular weight excluding hydrogens is 358 g/mol. The molecule has 1 aromatic carbocycles. The normalized spacial score (nSPS) is 19.7. The van der Waals surface area contributed by atoms with Crippen molar-refractivity contribution in [2.24, 2.45) is 11.8 Å². The Bertz CT molecular complexity index is 649. The summed E-state index contributed by atoms with van der Waals surface area (Å²) in [4.78, 5) is 23.7. The Morgan fingerprint density at radius 2 is 1.96 bits per heavy atom. The topological polar surface area (TPSA) is 84.9 Å². The van der Waals surface area contributed by atoms with Gasteiger partial charge in [-0.25, -0.2) is 0 Å². The first kappa shape index (κ1) is 20.4. The molecule has 1 amide bonds. The number of methoxy groups -OCH3 is 1. The molecule has 2 N–H and O–H groups in total. The number of aliphatic carboxylic acids is 1. The van der Waals surface area contributed by atoms with Crippen LogP contribution in [0, 0.1) is 11.8 Å². The number of carbonyl (C=O) groups excluding carboxylic acids is 1. The van der Waals surface area contributed by atoms with Gasteiger partial charge in [-0.1, -0.05) is 24.4 Å². The molecule has 2 unspecified atom stereocenters. The van der Waals surface area contributed by atoms with Crippen LogP contribution >= 0.6 is 11.6 Å². The lowest BCUT2D eigenvalue weighted by molar-refractivity contribution is -0.148. The highest BCUT2D eigenvalue weighted by Gasteiger charge is 2.35. The molecule has 7 heteroatoms. The molecule has 0 spiro atoms. The third-order valence-corrected chi connectivity index (χ3v) is 4.99. The van der Waals surface area contributed by atoms with Crippen molar-refractivity contribution in [1.82, 2.24) is 5.32 Å². The lowest BCUT2D eigenvalue weighted by Crippen LogP contribution is -2.40. The average molecular weight is 384 g/mol. The molecule has 0 aliphatic heterocycles. The fourth-order valence-corrected chi connectivity index (χ4v) is 3.69. The van der Waals surface area contributed by atoms with Crippen LogP contribution in [-0.4, -0.2) is 37.2 Å². The van der Waals surface area contributed by atoms with Gasteiger partial charge in [-0.3, -0.25) is 9.59 Å². The SMILES string of the molecule is CCOc1c(Cl)cc(CCNC(=O)C2CCCCC2C(=O)O)cc1OC. The van der Waals surface area contributed by atoms with Crippen LogP contribution in [0.25, 0.3) is 0 Å². The highest BCUT2D eigenvalue weighted by molar-refractivity contribution is 6.32. The first-order valence-corrected chi connectivity index (χ1v) is 9.35. The number of benzene rings is 1. The molecule has 0 saturated heterocycles. The van der Waals surface area contributed by atoms with E-state index in [9.17, 15) is 14.7 Å². The zero-order valence-electron chi connectivity index (χ0n) is 15.2. The molecule has 6 nitrogen and oxygen atoms in total. The lowest BCUT2D eigenvalue weighted by Gasteiger charge is -2.27. The molecule has 1 saturated carbocycles. The van der Waals surface area contributed by atoms with Gasteiger partial charge in [0.1, 0.15) is 0 Å². The average Bonchev–Trinajstić information content (AvgIpc) is 2.63. The molecule has 2 rings (SSSR count).